The number of rotatable bonds is 14. The minimum atomic E-state index is 0.283. The lowest BCUT2D eigenvalue weighted by atomic mass is 10.2. The summed E-state index contributed by atoms with van der Waals surface area (Å²) in [5.74, 6) is 0.283. The van der Waals surface area contributed by atoms with Crippen molar-refractivity contribution in [1.29, 1.82) is 0 Å². The maximum absolute atomic E-state index is 12.0. The summed E-state index contributed by atoms with van der Waals surface area (Å²) >= 11 is 0. The smallest absolute Gasteiger partial charge is 0.222 e. The second-order valence-corrected chi connectivity index (χ2v) is 7.08. The molecule has 0 radical (unpaired) electrons. The van der Waals surface area contributed by atoms with Crippen molar-refractivity contribution in [2.75, 3.05) is 26.2 Å². The quantitative estimate of drug-likeness (QED) is 0.371. The summed E-state index contributed by atoms with van der Waals surface area (Å²) in [6.45, 7) is 5.70. The monoisotopic (exact) mass is 396 g/mol. The number of amides is 1. The van der Waals surface area contributed by atoms with Crippen molar-refractivity contribution in [3.63, 3.8) is 0 Å². The van der Waals surface area contributed by atoms with Crippen LogP contribution in [0.1, 0.15) is 58.3 Å². The van der Waals surface area contributed by atoms with Gasteiger partial charge in [-0.3, -0.25) is 4.79 Å². The van der Waals surface area contributed by atoms with Crippen LogP contribution in [0.3, 0.4) is 0 Å². The van der Waals surface area contributed by atoms with Crippen LogP contribution >= 0.6 is 0 Å². The number of carbonyl (C=O) groups is 1. The first kappa shape index (κ1) is 24.9. The molecule has 0 atom stereocenters. The Kier molecular flexibility index (Phi) is 16.5. The number of nitrogens with zero attached hydrogens (tertiary/aromatic N) is 1. The van der Waals surface area contributed by atoms with Gasteiger partial charge in [-0.2, -0.15) is 0 Å². The van der Waals surface area contributed by atoms with Crippen molar-refractivity contribution < 1.29 is 4.79 Å². The SMILES string of the molecule is CC/C=C\C/C=C\C/C=C\C/C=C\C/C=C\C/C=C\CCC(=O)N1CCNCC1. The van der Waals surface area contributed by atoms with Gasteiger partial charge in [-0.25, -0.2) is 0 Å². The van der Waals surface area contributed by atoms with Crippen LogP contribution in [0.5, 0.6) is 0 Å². The number of carbonyl (C=O) groups excluding carboxylic acids is 1. The molecule has 1 heterocycles. The minimum Gasteiger partial charge on any atom is -0.340 e. The van der Waals surface area contributed by atoms with Gasteiger partial charge in [0.2, 0.25) is 5.91 Å². The van der Waals surface area contributed by atoms with E-state index in [1.165, 1.54) is 0 Å². The highest BCUT2D eigenvalue weighted by Gasteiger charge is 2.14. The highest BCUT2D eigenvalue weighted by Crippen LogP contribution is 2.02. The van der Waals surface area contributed by atoms with Crippen molar-refractivity contribution in [2.24, 2.45) is 0 Å². The molecule has 0 bridgehead atoms. The number of nitrogens with one attached hydrogen (secondary N) is 1. The van der Waals surface area contributed by atoms with Gasteiger partial charge in [0.05, 0.1) is 0 Å². The maximum atomic E-state index is 12.0. The Labute approximate surface area is 178 Å². The van der Waals surface area contributed by atoms with Crippen LogP contribution in [-0.4, -0.2) is 37.0 Å². The molecule has 0 saturated carbocycles. The van der Waals surface area contributed by atoms with Crippen molar-refractivity contribution in [1.82, 2.24) is 10.2 Å². The Balaban J connectivity index is 1.96. The summed E-state index contributed by atoms with van der Waals surface area (Å²) in [4.78, 5) is 14.0. The van der Waals surface area contributed by atoms with Gasteiger partial charge >= 0.3 is 0 Å². The van der Waals surface area contributed by atoms with Crippen LogP contribution in [0.2, 0.25) is 0 Å². The number of hydrogen-bond donors (Lipinski definition) is 1. The topological polar surface area (TPSA) is 32.3 Å². The molecule has 1 amide bonds. The zero-order valence-electron chi connectivity index (χ0n) is 18.3. The Morgan fingerprint density at radius 2 is 1.10 bits per heavy atom. The van der Waals surface area contributed by atoms with Gasteiger partial charge in [-0.1, -0.05) is 79.8 Å². The Hall–Kier alpha value is -2.13. The molecule has 0 spiro atoms. The van der Waals surface area contributed by atoms with E-state index in [9.17, 15) is 4.79 Å². The largest absolute Gasteiger partial charge is 0.340 e. The van der Waals surface area contributed by atoms with Crippen molar-refractivity contribution in [3.05, 3.63) is 72.9 Å². The number of allylic oxidation sites excluding steroid dienone is 12. The predicted octanol–water partition coefficient (Wildman–Crippen LogP) is 5.90. The fourth-order valence-corrected chi connectivity index (χ4v) is 2.92. The third-order valence-corrected chi connectivity index (χ3v) is 4.59. The molecule has 0 unspecified atom stereocenters. The van der Waals surface area contributed by atoms with Gasteiger partial charge in [0.1, 0.15) is 0 Å². The fraction of sp³-hybridized carbons (Fsp3) is 0.500. The number of hydrogen-bond acceptors (Lipinski definition) is 2. The van der Waals surface area contributed by atoms with E-state index in [1.54, 1.807) is 0 Å². The summed E-state index contributed by atoms with van der Waals surface area (Å²) < 4.78 is 0. The predicted molar refractivity (Wildman–Crippen MR) is 127 cm³/mol. The highest BCUT2D eigenvalue weighted by atomic mass is 16.2. The molecule has 1 fully saturated rings. The average Bonchev–Trinajstić information content (AvgIpc) is 2.75. The summed E-state index contributed by atoms with van der Waals surface area (Å²) in [7, 11) is 0. The molecule has 1 N–H and O–H groups in total. The molecular formula is C26H40N2O. The van der Waals surface area contributed by atoms with Gasteiger partial charge in [-0.15, -0.1) is 0 Å². The molecule has 0 aliphatic carbocycles. The normalized spacial score (nSPS) is 16.1. The zero-order valence-corrected chi connectivity index (χ0v) is 18.3. The van der Waals surface area contributed by atoms with E-state index in [0.717, 1.165) is 71.1 Å². The van der Waals surface area contributed by atoms with Crippen LogP contribution in [-0.2, 0) is 4.79 Å². The zero-order chi connectivity index (χ0) is 20.8. The van der Waals surface area contributed by atoms with Crippen LogP contribution < -0.4 is 5.32 Å². The van der Waals surface area contributed by atoms with Gasteiger partial charge in [0.25, 0.3) is 0 Å². The summed E-state index contributed by atoms with van der Waals surface area (Å²) in [6.07, 6.45) is 33.9. The molecule has 1 rings (SSSR count). The lowest BCUT2D eigenvalue weighted by Crippen LogP contribution is -2.46. The lowest BCUT2D eigenvalue weighted by molar-refractivity contribution is -0.131. The second kappa shape index (κ2) is 19.2. The maximum Gasteiger partial charge on any atom is 0.222 e. The van der Waals surface area contributed by atoms with E-state index in [4.69, 9.17) is 0 Å². The third-order valence-electron chi connectivity index (χ3n) is 4.59. The van der Waals surface area contributed by atoms with Crippen molar-refractivity contribution >= 4 is 5.91 Å². The minimum absolute atomic E-state index is 0.283. The van der Waals surface area contributed by atoms with Gasteiger partial charge in [0.15, 0.2) is 0 Å². The van der Waals surface area contributed by atoms with Crippen LogP contribution in [0.4, 0.5) is 0 Å². The Bertz CT molecular complexity index is 576. The third kappa shape index (κ3) is 15.5. The van der Waals surface area contributed by atoms with Gasteiger partial charge in [-0.05, 0) is 44.9 Å². The molecule has 29 heavy (non-hydrogen) atoms. The molecule has 0 aromatic heterocycles. The van der Waals surface area contributed by atoms with Crippen molar-refractivity contribution in [2.45, 2.75) is 58.3 Å². The lowest BCUT2D eigenvalue weighted by Gasteiger charge is -2.27. The van der Waals surface area contributed by atoms with Gasteiger partial charge < -0.3 is 10.2 Å². The first-order chi connectivity index (χ1) is 14.3. The summed E-state index contributed by atoms with van der Waals surface area (Å²) in [5.41, 5.74) is 0. The van der Waals surface area contributed by atoms with E-state index < -0.39 is 0 Å². The van der Waals surface area contributed by atoms with Crippen LogP contribution in [0.15, 0.2) is 72.9 Å². The van der Waals surface area contributed by atoms with E-state index >= 15 is 0 Å². The van der Waals surface area contributed by atoms with E-state index in [-0.39, 0.29) is 5.91 Å². The molecule has 1 saturated heterocycles. The highest BCUT2D eigenvalue weighted by molar-refractivity contribution is 5.76. The first-order valence-corrected chi connectivity index (χ1v) is 11.2. The molecule has 0 aromatic carbocycles. The molecule has 3 heteroatoms. The van der Waals surface area contributed by atoms with Crippen molar-refractivity contribution in [3.8, 4) is 0 Å². The van der Waals surface area contributed by atoms with E-state index in [1.807, 2.05) is 4.90 Å². The molecule has 1 aliphatic heterocycles. The number of piperazine rings is 1. The molecule has 3 nitrogen and oxygen atoms in total. The Morgan fingerprint density at radius 3 is 1.55 bits per heavy atom. The summed E-state index contributed by atoms with van der Waals surface area (Å²) in [6, 6.07) is 0. The second-order valence-electron chi connectivity index (χ2n) is 7.08. The van der Waals surface area contributed by atoms with Crippen LogP contribution in [0, 0.1) is 0 Å². The Morgan fingerprint density at radius 1 is 0.690 bits per heavy atom. The average molecular weight is 397 g/mol. The van der Waals surface area contributed by atoms with Crippen LogP contribution in [0.25, 0.3) is 0 Å². The van der Waals surface area contributed by atoms with Gasteiger partial charge in [0, 0.05) is 32.6 Å². The summed E-state index contributed by atoms with van der Waals surface area (Å²) in [5, 5.41) is 3.27. The van der Waals surface area contributed by atoms with E-state index in [0.29, 0.717) is 6.42 Å². The first-order valence-electron chi connectivity index (χ1n) is 11.2. The fourth-order valence-electron chi connectivity index (χ4n) is 2.92. The molecular weight excluding hydrogens is 356 g/mol. The molecule has 160 valence electrons. The molecule has 0 aromatic rings. The molecule has 1 aliphatic rings. The standard InChI is InChI=1S/C26H40N2O/c1-2-3-4-5-6-7-8-9-10-11-12-13-14-15-16-17-18-19-20-21-26(29)28-24-22-27-23-25-28/h3-4,6-7,9-10,12-13,15-16,18-19,27H,2,5,8,11,14,17,20-25H2,1H3/b4-3-,7-6-,10-9-,13-12-,16-15-,19-18-. The van der Waals surface area contributed by atoms with E-state index in [2.05, 4.69) is 85.2 Å².